The molecule has 2 aromatic rings. The Balaban J connectivity index is 1.83. The first-order valence-corrected chi connectivity index (χ1v) is 10.1. The Morgan fingerprint density at radius 2 is 1.74 bits per heavy atom. The Hall–Kier alpha value is -2.67. The van der Waals surface area contributed by atoms with Crippen molar-refractivity contribution in [3.63, 3.8) is 0 Å². The van der Waals surface area contributed by atoms with Crippen LogP contribution in [0.5, 0.6) is 0 Å². The quantitative estimate of drug-likeness (QED) is 0.736. The highest BCUT2D eigenvalue weighted by Gasteiger charge is 2.18. The van der Waals surface area contributed by atoms with E-state index < -0.39 is 28.3 Å². The van der Waals surface area contributed by atoms with Gasteiger partial charge in [-0.25, -0.2) is 8.42 Å². The minimum Gasteiger partial charge on any atom is -0.456 e. The molecule has 0 aromatic heterocycles. The van der Waals surface area contributed by atoms with E-state index in [9.17, 15) is 18.0 Å². The second-order valence-electron chi connectivity index (χ2n) is 6.39. The highest BCUT2D eigenvalue weighted by Crippen LogP contribution is 2.17. The third-order valence-electron chi connectivity index (χ3n) is 4.08. The second-order valence-corrected chi connectivity index (χ2v) is 8.50. The van der Waals surface area contributed by atoms with Crippen LogP contribution >= 0.6 is 0 Å². The number of esters is 1. The Kier molecular flexibility index (Phi) is 6.74. The zero-order chi connectivity index (χ0) is 20.0. The highest BCUT2D eigenvalue weighted by atomic mass is 32.2. The Labute approximate surface area is 159 Å². The van der Waals surface area contributed by atoms with Crippen LogP contribution in [0, 0.1) is 20.8 Å². The van der Waals surface area contributed by atoms with Crippen molar-refractivity contribution in [1.82, 2.24) is 0 Å². The standard InChI is InChI=1S/C20H23NO5S/c1-14-5-4-6-17(11-14)21-19(22)13-26-20(23)9-10-27(24,25)18-8-7-15(2)16(3)12-18/h4-8,11-12H,9-10,13H2,1-3H3,(H,21,22). The van der Waals surface area contributed by atoms with E-state index in [1.807, 2.05) is 26.8 Å². The summed E-state index contributed by atoms with van der Waals surface area (Å²) >= 11 is 0. The molecule has 27 heavy (non-hydrogen) atoms. The topological polar surface area (TPSA) is 89.5 Å². The summed E-state index contributed by atoms with van der Waals surface area (Å²) in [6, 6.07) is 12.1. The number of anilines is 1. The van der Waals surface area contributed by atoms with Crippen LogP contribution in [0.1, 0.15) is 23.1 Å². The molecular formula is C20H23NO5S. The molecule has 0 aliphatic carbocycles. The van der Waals surface area contributed by atoms with Gasteiger partial charge in [0.15, 0.2) is 16.4 Å². The van der Waals surface area contributed by atoms with Gasteiger partial charge in [-0.2, -0.15) is 0 Å². The SMILES string of the molecule is Cc1cccc(NC(=O)COC(=O)CCS(=O)(=O)c2ccc(C)c(C)c2)c1. The summed E-state index contributed by atoms with van der Waals surface area (Å²) in [5.74, 6) is -1.58. The van der Waals surface area contributed by atoms with E-state index in [4.69, 9.17) is 4.74 Å². The zero-order valence-electron chi connectivity index (χ0n) is 15.6. The maximum atomic E-state index is 12.3. The molecule has 144 valence electrons. The van der Waals surface area contributed by atoms with Crippen LogP contribution in [-0.2, 0) is 24.2 Å². The fraction of sp³-hybridized carbons (Fsp3) is 0.300. The predicted octanol–water partition coefficient (Wildman–Crippen LogP) is 2.96. The van der Waals surface area contributed by atoms with Gasteiger partial charge in [-0.3, -0.25) is 9.59 Å². The van der Waals surface area contributed by atoms with E-state index in [1.54, 1.807) is 30.3 Å². The number of rotatable bonds is 7. The summed E-state index contributed by atoms with van der Waals surface area (Å²) in [7, 11) is -3.59. The molecule has 0 atom stereocenters. The smallest absolute Gasteiger partial charge is 0.307 e. The number of hydrogen-bond donors (Lipinski definition) is 1. The molecule has 0 fully saturated rings. The van der Waals surface area contributed by atoms with Gasteiger partial charge >= 0.3 is 5.97 Å². The molecule has 0 bridgehead atoms. The summed E-state index contributed by atoms with van der Waals surface area (Å²) in [4.78, 5) is 23.8. The third kappa shape index (κ3) is 6.21. The molecule has 0 spiro atoms. The molecule has 6 nitrogen and oxygen atoms in total. The maximum Gasteiger partial charge on any atom is 0.307 e. The number of carbonyl (C=O) groups excluding carboxylic acids is 2. The molecule has 0 aliphatic heterocycles. The van der Waals surface area contributed by atoms with Gasteiger partial charge in [-0.05, 0) is 61.7 Å². The van der Waals surface area contributed by atoms with Gasteiger partial charge in [0.1, 0.15) is 0 Å². The van der Waals surface area contributed by atoms with Crippen molar-refractivity contribution in [3.8, 4) is 0 Å². The third-order valence-corrected chi connectivity index (χ3v) is 5.79. The summed E-state index contributed by atoms with van der Waals surface area (Å²) in [6.07, 6.45) is -0.313. The fourth-order valence-corrected chi connectivity index (χ4v) is 3.68. The van der Waals surface area contributed by atoms with Crippen molar-refractivity contribution in [2.45, 2.75) is 32.1 Å². The van der Waals surface area contributed by atoms with Crippen LogP contribution in [0.3, 0.4) is 0 Å². The molecule has 0 saturated heterocycles. The second kappa shape index (κ2) is 8.81. The lowest BCUT2D eigenvalue weighted by Gasteiger charge is -2.08. The number of ether oxygens (including phenoxy) is 1. The average molecular weight is 389 g/mol. The Morgan fingerprint density at radius 3 is 2.41 bits per heavy atom. The Bertz CT molecular complexity index is 951. The Morgan fingerprint density at radius 1 is 1.00 bits per heavy atom. The van der Waals surface area contributed by atoms with Crippen LogP contribution in [0.15, 0.2) is 47.4 Å². The number of amides is 1. The van der Waals surface area contributed by atoms with Crippen LogP contribution in [0.25, 0.3) is 0 Å². The number of nitrogens with one attached hydrogen (secondary N) is 1. The van der Waals surface area contributed by atoms with E-state index in [0.717, 1.165) is 16.7 Å². The van der Waals surface area contributed by atoms with Crippen molar-refractivity contribution < 1.29 is 22.7 Å². The van der Waals surface area contributed by atoms with Crippen molar-refractivity contribution >= 4 is 27.4 Å². The molecule has 0 heterocycles. The molecule has 7 heteroatoms. The minimum absolute atomic E-state index is 0.176. The summed E-state index contributed by atoms with van der Waals surface area (Å²) in [6.45, 7) is 5.16. The lowest BCUT2D eigenvalue weighted by atomic mass is 10.1. The largest absolute Gasteiger partial charge is 0.456 e. The fourth-order valence-electron chi connectivity index (χ4n) is 2.38. The van der Waals surface area contributed by atoms with Crippen molar-refractivity contribution in [2.75, 3.05) is 17.7 Å². The molecule has 0 radical (unpaired) electrons. The van der Waals surface area contributed by atoms with Crippen LogP contribution in [-0.4, -0.2) is 32.7 Å². The van der Waals surface area contributed by atoms with Crippen molar-refractivity contribution in [2.24, 2.45) is 0 Å². The number of benzene rings is 2. The van der Waals surface area contributed by atoms with E-state index in [-0.39, 0.29) is 17.1 Å². The zero-order valence-corrected chi connectivity index (χ0v) is 16.4. The number of sulfone groups is 1. The minimum atomic E-state index is -3.59. The normalized spacial score (nSPS) is 11.1. The van der Waals surface area contributed by atoms with E-state index in [1.165, 1.54) is 6.07 Å². The number of carbonyl (C=O) groups is 2. The lowest BCUT2D eigenvalue weighted by Crippen LogP contribution is -2.22. The van der Waals surface area contributed by atoms with Crippen molar-refractivity contribution in [3.05, 3.63) is 59.2 Å². The summed E-state index contributed by atoms with van der Waals surface area (Å²) in [5, 5.41) is 2.61. The van der Waals surface area contributed by atoms with Gasteiger partial charge in [-0.1, -0.05) is 18.2 Å². The van der Waals surface area contributed by atoms with Crippen LogP contribution in [0.2, 0.25) is 0 Å². The van der Waals surface area contributed by atoms with Gasteiger partial charge in [0.25, 0.3) is 5.91 Å². The van der Waals surface area contributed by atoms with Gasteiger partial charge in [0.2, 0.25) is 0 Å². The maximum absolute atomic E-state index is 12.3. The first-order chi connectivity index (χ1) is 12.7. The average Bonchev–Trinajstić information content (AvgIpc) is 2.60. The van der Waals surface area contributed by atoms with E-state index >= 15 is 0 Å². The van der Waals surface area contributed by atoms with Gasteiger partial charge in [0, 0.05) is 5.69 Å². The molecule has 1 N–H and O–H groups in total. The molecule has 0 saturated carbocycles. The molecule has 0 aliphatic rings. The van der Waals surface area contributed by atoms with Gasteiger partial charge < -0.3 is 10.1 Å². The number of aryl methyl sites for hydroxylation is 3. The molecule has 2 rings (SSSR count). The first-order valence-electron chi connectivity index (χ1n) is 8.49. The summed E-state index contributed by atoms with van der Waals surface area (Å²) < 4.78 is 29.5. The lowest BCUT2D eigenvalue weighted by molar-refractivity contribution is -0.146. The first kappa shape index (κ1) is 20.6. The highest BCUT2D eigenvalue weighted by molar-refractivity contribution is 7.91. The number of hydrogen-bond acceptors (Lipinski definition) is 5. The molecular weight excluding hydrogens is 366 g/mol. The molecule has 1 amide bonds. The van der Waals surface area contributed by atoms with Crippen molar-refractivity contribution in [1.29, 1.82) is 0 Å². The monoisotopic (exact) mass is 389 g/mol. The predicted molar refractivity (Wildman–Crippen MR) is 103 cm³/mol. The molecule has 0 unspecified atom stereocenters. The van der Waals surface area contributed by atoms with Crippen LogP contribution < -0.4 is 5.32 Å². The van der Waals surface area contributed by atoms with Gasteiger partial charge in [-0.15, -0.1) is 0 Å². The van der Waals surface area contributed by atoms with E-state index in [0.29, 0.717) is 5.69 Å². The van der Waals surface area contributed by atoms with E-state index in [2.05, 4.69) is 5.32 Å². The van der Waals surface area contributed by atoms with Gasteiger partial charge in [0.05, 0.1) is 17.1 Å². The van der Waals surface area contributed by atoms with Crippen LogP contribution in [0.4, 0.5) is 5.69 Å². The molecule has 2 aromatic carbocycles. The summed E-state index contributed by atoms with van der Waals surface area (Å²) in [5.41, 5.74) is 3.45.